The highest BCUT2D eigenvalue weighted by molar-refractivity contribution is 7.13. The zero-order valence-corrected chi connectivity index (χ0v) is 15.8. The second-order valence-electron chi connectivity index (χ2n) is 6.31. The minimum atomic E-state index is -0.820. The number of anilines is 1. The van der Waals surface area contributed by atoms with E-state index in [9.17, 15) is 13.6 Å². The van der Waals surface area contributed by atoms with E-state index in [1.807, 2.05) is 48.8 Å². The van der Waals surface area contributed by atoms with Gasteiger partial charge in [0.05, 0.1) is 16.3 Å². The molecule has 4 aromatic rings. The average molecular weight is 397 g/mol. The topological polar surface area (TPSA) is 46.1 Å². The first-order chi connectivity index (χ1) is 13.5. The second-order valence-corrected chi connectivity index (χ2v) is 7.26. The van der Waals surface area contributed by atoms with Crippen LogP contribution in [0.15, 0.2) is 60.0 Å². The molecule has 0 bridgehead atoms. The van der Waals surface area contributed by atoms with E-state index in [0.29, 0.717) is 0 Å². The first-order valence-electron chi connectivity index (χ1n) is 8.64. The number of fused-ring (bicyclic) bond motifs is 1. The van der Waals surface area contributed by atoms with Gasteiger partial charge in [0.1, 0.15) is 11.6 Å². The number of amides is 2. The largest absolute Gasteiger partial charge is 0.343 e. The van der Waals surface area contributed by atoms with E-state index in [1.54, 1.807) is 11.3 Å². The molecule has 2 aromatic heterocycles. The Kier molecular flexibility index (Phi) is 4.83. The summed E-state index contributed by atoms with van der Waals surface area (Å²) in [5.74, 6) is -1.51. The van der Waals surface area contributed by atoms with Crippen LogP contribution < -0.4 is 10.6 Å². The number of urea groups is 1. The molecule has 4 nitrogen and oxygen atoms in total. The molecular formula is C21H17F2N3OS. The summed E-state index contributed by atoms with van der Waals surface area (Å²) in [5, 5.41) is 8.25. The zero-order valence-electron chi connectivity index (χ0n) is 15.0. The van der Waals surface area contributed by atoms with Gasteiger partial charge in [0, 0.05) is 36.1 Å². The van der Waals surface area contributed by atoms with Gasteiger partial charge < -0.3 is 15.2 Å². The molecule has 0 aliphatic rings. The Morgan fingerprint density at radius 1 is 1.11 bits per heavy atom. The maximum absolute atomic E-state index is 13.8. The highest BCUT2D eigenvalue weighted by Gasteiger charge is 2.18. The summed E-state index contributed by atoms with van der Waals surface area (Å²) in [5.41, 5.74) is 3.00. The van der Waals surface area contributed by atoms with Crippen molar-refractivity contribution in [1.82, 2.24) is 9.88 Å². The van der Waals surface area contributed by atoms with Gasteiger partial charge in [-0.1, -0.05) is 24.3 Å². The Balaban J connectivity index is 1.61. The standard InChI is InChI=1S/C21H17F2N3OS/c1-26-18-6-3-2-5-14(18)15(20(26)19-7-4-10-28-19)12-24-21(27)25-17-9-8-13(22)11-16(17)23/h2-11H,12H2,1H3,(H2,24,25,27). The van der Waals surface area contributed by atoms with Crippen molar-refractivity contribution >= 4 is 34.0 Å². The van der Waals surface area contributed by atoms with E-state index in [1.165, 1.54) is 6.07 Å². The van der Waals surface area contributed by atoms with Gasteiger partial charge >= 0.3 is 6.03 Å². The lowest BCUT2D eigenvalue weighted by molar-refractivity contribution is 0.251. The number of para-hydroxylation sites is 1. The molecule has 2 heterocycles. The van der Waals surface area contributed by atoms with Gasteiger partial charge in [0.15, 0.2) is 0 Å². The number of aromatic nitrogens is 1. The van der Waals surface area contributed by atoms with E-state index < -0.39 is 17.7 Å². The number of benzene rings is 2. The molecule has 2 N–H and O–H groups in total. The van der Waals surface area contributed by atoms with Crippen molar-refractivity contribution < 1.29 is 13.6 Å². The summed E-state index contributed by atoms with van der Waals surface area (Å²) in [6, 6.07) is 14.5. The third kappa shape index (κ3) is 3.36. The predicted molar refractivity (Wildman–Crippen MR) is 108 cm³/mol. The Morgan fingerprint density at radius 3 is 2.68 bits per heavy atom. The number of aryl methyl sites for hydroxylation is 1. The van der Waals surface area contributed by atoms with E-state index in [0.717, 1.165) is 39.2 Å². The van der Waals surface area contributed by atoms with Crippen molar-refractivity contribution in [1.29, 1.82) is 0 Å². The minimum absolute atomic E-state index is 0.0738. The van der Waals surface area contributed by atoms with E-state index >= 15 is 0 Å². The summed E-state index contributed by atoms with van der Waals surface area (Å²) >= 11 is 1.63. The van der Waals surface area contributed by atoms with Crippen LogP contribution in [-0.4, -0.2) is 10.6 Å². The Labute approximate surface area is 164 Å². The van der Waals surface area contributed by atoms with E-state index in [4.69, 9.17) is 0 Å². The summed E-state index contributed by atoms with van der Waals surface area (Å²) in [4.78, 5) is 13.4. The summed E-state index contributed by atoms with van der Waals surface area (Å²) in [6.45, 7) is 0.267. The van der Waals surface area contributed by atoms with Crippen molar-refractivity contribution in [3.63, 3.8) is 0 Å². The van der Waals surface area contributed by atoms with Crippen LogP contribution in [-0.2, 0) is 13.6 Å². The summed E-state index contributed by atoms with van der Waals surface area (Å²) in [7, 11) is 1.99. The number of halogens is 2. The SMILES string of the molecule is Cn1c(-c2cccs2)c(CNC(=O)Nc2ccc(F)cc2F)c2ccccc21. The molecule has 0 aliphatic carbocycles. The fraction of sp³-hybridized carbons (Fsp3) is 0.0952. The predicted octanol–water partition coefficient (Wildman–Crippen LogP) is 5.51. The van der Waals surface area contributed by atoms with Crippen LogP contribution in [0, 0.1) is 11.6 Å². The molecule has 0 spiro atoms. The molecule has 0 saturated heterocycles. The number of hydrogen-bond donors (Lipinski definition) is 2. The number of nitrogens with one attached hydrogen (secondary N) is 2. The van der Waals surface area contributed by atoms with E-state index in [-0.39, 0.29) is 12.2 Å². The number of thiophene rings is 1. The molecule has 0 fully saturated rings. The van der Waals surface area contributed by atoms with Gasteiger partial charge in [-0.15, -0.1) is 11.3 Å². The van der Waals surface area contributed by atoms with Crippen LogP contribution in [0.3, 0.4) is 0 Å². The Bertz CT molecular complexity index is 1150. The first-order valence-corrected chi connectivity index (χ1v) is 9.52. The van der Waals surface area contributed by atoms with Crippen LogP contribution in [0.1, 0.15) is 5.56 Å². The molecule has 7 heteroatoms. The van der Waals surface area contributed by atoms with Gasteiger partial charge in [0.2, 0.25) is 0 Å². The molecule has 0 saturated carbocycles. The molecule has 2 aromatic carbocycles. The Morgan fingerprint density at radius 2 is 1.93 bits per heavy atom. The lowest BCUT2D eigenvalue weighted by Crippen LogP contribution is -2.28. The zero-order chi connectivity index (χ0) is 19.7. The van der Waals surface area contributed by atoms with Gasteiger partial charge in [-0.25, -0.2) is 13.6 Å². The molecule has 2 amide bonds. The highest BCUT2D eigenvalue weighted by atomic mass is 32.1. The molecule has 4 rings (SSSR count). The monoisotopic (exact) mass is 397 g/mol. The first kappa shape index (κ1) is 18.2. The lowest BCUT2D eigenvalue weighted by atomic mass is 10.1. The van der Waals surface area contributed by atoms with Crippen LogP contribution in [0.4, 0.5) is 19.3 Å². The van der Waals surface area contributed by atoms with Crippen molar-refractivity contribution in [3.05, 3.63) is 77.2 Å². The van der Waals surface area contributed by atoms with Gasteiger partial charge in [-0.3, -0.25) is 0 Å². The van der Waals surface area contributed by atoms with Crippen molar-refractivity contribution in [2.24, 2.45) is 7.05 Å². The van der Waals surface area contributed by atoms with Crippen LogP contribution in [0.2, 0.25) is 0 Å². The maximum atomic E-state index is 13.8. The molecular weight excluding hydrogens is 380 g/mol. The van der Waals surface area contributed by atoms with Gasteiger partial charge in [0.25, 0.3) is 0 Å². The number of nitrogens with zero attached hydrogens (tertiary/aromatic N) is 1. The quantitative estimate of drug-likeness (QED) is 0.469. The second kappa shape index (κ2) is 7.44. The van der Waals surface area contributed by atoms with Crippen molar-refractivity contribution in [2.45, 2.75) is 6.54 Å². The molecule has 0 atom stereocenters. The Hall–Kier alpha value is -3.19. The minimum Gasteiger partial charge on any atom is -0.343 e. The highest BCUT2D eigenvalue weighted by Crippen LogP contribution is 2.35. The van der Waals surface area contributed by atoms with Crippen LogP contribution in [0.5, 0.6) is 0 Å². The van der Waals surface area contributed by atoms with Gasteiger partial charge in [-0.2, -0.15) is 0 Å². The van der Waals surface area contributed by atoms with Gasteiger partial charge in [-0.05, 0) is 29.6 Å². The smallest absolute Gasteiger partial charge is 0.319 e. The maximum Gasteiger partial charge on any atom is 0.319 e. The normalized spacial score (nSPS) is 11.0. The third-order valence-electron chi connectivity index (χ3n) is 4.57. The fourth-order valence-corrected chi connectivity index (χ4v) is 4.14. The number of carbonyl (C=O) groups is 1. The third-order valence-corrected chi connectivity index (χ3v) is 5.45. The fourth-order valence-electron chi connectivity index (χ4n) is 3.30. The number of carbonyl (C=O) groups excluding carboxylic acids is 1. The molecule has 28 heavy (non-hydrogen) atoms. The number of rotatable bonds is 4. The molecule has 0 radical (unpaired) electrons. The van der Waals surface area contributed by atoms with Crippen molar-refractivity contribution in [2.75, 3.05) is 5.32 Å². The number of hydrogen-bond acceptors (Lipinski definition) is 2. The molecule has 142 valence electrons. The summed E-state index contributed by atoms with van der Waals surface area (Å²) in [6.07, 6.45) is 0. The summed E-state index contributed by atoms with van der Waals surface area (Å²) < 4.78 is 28.9. The lowest BCUT2D eigenvalue weighted by Gasteiger charge is -2.10. The average Bonchev–Trinajstić information content (AvgIpc) is 3.29. The van der Waals surface area contributed by atoms with Crippen LogP contribution in [0.25, 0.3) is 21.5 Å². The van der Waals surface area contributed by atoms with Crippen molar-refractivity contribution in [3.8, 4) is 10.6 Å². The van der Waals surface area contributed by atoms with E-state index in [2.05, 4.69) is 15.2 Å². The van der Waals surface area contributed by atoms with Crippen LogP contribution >= 0.6 is 11.3 Å². The molecule has 0 unspecified atom stereocenters. The molecule has 0 aliphatic heterocycles.